The van der Waals surface area contributed by atoms with E-state index in [1.807, 2.05) is 42.5 Å². The number of carbonyl (C=O) groups is 1. The fraction of sp³-hybridized carbons (Fsp3) is 0.0500. The van der Waals surface area contributed by atoms with Gasteiger partial charge in [0.25, 0.3) is 0 Å². The Labute approximate surface area is 137 Å². The first kappa shape index (κ1) is 16.0. The van der Waals surface area contributed by atoms with Crippen LogP contribution in [0.25, 0.3) is 11.1 Å². The molecule has 0 bridgehead atoms. The van der Waals surface area contributed by atoms with Crippen molar-refractivity contribution < 1.29 is 18.0 Å². The number of ketones is 1. The van der Waals surface area contributed by atoms with Crippen molar-refractivity contribution in [2.45, 2.75) is 6.18 Å². The van der Waals surface area contributed by atoms with Gasteiger partial charge in [-0.2, -0.15) is 13.2 Å². The highest BCUT2D eigenvalue weighted by molar-refractivity contribution is 6.09. The Kier molecular flexibility index (Phi) is 4.21. The Balaban J connectivity index is 1.83. The molecular weight excluding hydrogens is 313 g/mol. The van der Waals surface area contributed by atoms with Gasteiger partial charge in [-0.05, 0) is 23.3 Å². The number of alkyl halides is 3. The standard InChI is InChI=1S/C20H13F3O/c21-20(22,23)18-12-10-17(11-13-18)19(24)16-8-6-15(7-9-16)14-4-2-1-3-5-14/h1-13H. The van der Waals surface area contributed by atoms with Crippen LogP contribution in [0.5, 0.6) is 0 Å². The molecule has 0 spiro atoms. The molecule has 120 valence electrons. The lowest BCUT2D eigenvalue weighted by Crippen LogP contribution is -2.06. The molecule has 0 atom stereocenters. The van der Waals surface area contributed by atoms with Gasteiger partial charge in [0.15, 0.2) is 5.78 Å². The van der Waals surface area contributed by atoms with E-state index >= 15 is 0 Å². The molecule has 4 heteroatoms. The monoisotopic (exact) mass is 326 g/mol. The lowest BCUT2D eigenvalue weighted by Gasteiger charge is -2.08. The third-order valence-electron chi connectivity index (χ3n) is 3.73. The Morgan fingerprint density at radius 1 is 0.625 bits per heavy atom. The summed E-state index contributed by atoms with van der Waals surface area (Å²) in [5, 5.41) is 0. The van der Waals surface area contributed by atoms with Crippen molar-refractivity contribution in [3.63, 3.8) is 0 Å². The number of hydrogen-bond acceptors (Lipinski definition) is 1. The number of halogens is 3. The van der Waals surface area contributed by atoms with Crippen LogP contribution in [-0.2, 0) is 6.18 Å². The van der Waals surface area contributed by atoms with E-state index < -0.39 is 11.7 Å². The van der Waals surface area contributed by atoms with E-state index in [9.17, 15) is 18.0 Å². The van der Waals surface area contributed by atoms with Crippen LogP contribution >= 0.6 is 0 Å². The van der Waals surface area contributed by atoms with Gasteiger partial charge in [-0.1, -0.05) is 66.7 Å². The molecule has 3 aromatic carbocycles. The van der Waals surface area contributed by atoms with Gasteiger partial charge in [0.1, 0.15) is 0 Å². The average molecular weight is 326 g/mol. The predicted octanol–water partition coefficient (Wildman–Crippen LogP) is 5.60. The van der Waals surface area contributed by atoms with Crippen LogP contribution < -0.4 is 0 Å². The zero-order valence-electron chi connectivity index (χ0n) is 12.5. The second-order valence-corrected chi connectivity index (χ2v) is 5.35. The molecule has 0 fully saturated rings. The lowest BCUT2D eigenvalue weighted by atomic mass is 9.99. The minimum absolute atomic E-state index is 0.232. The maximum Gasteiger partial charge on any atom is 0.416 e. The molecular formula is C20H13F3O. The van der Waals surface area contributed by atoms with Gasteiger partial charge in [0.2, 0.25) is 0 Å². The fourth-order valence-corrected chi connectivity index (χ4v) is 2.42. The van der Waals surface area contributed by atoms with Gasteiger partial charge < -0.3 is 0 Å². The van der Waals surface area contributed by atoms with Gasteiger partial charge in [0.05, 0.1) is 5.56 Å². The normalized spacial score (nSPS) is 11.3. The van der Waals surface area contributed by atoms with Crippen molar-refractivity contribution in [3.8, 4) is 11.1 Å². The summed E-state index contributed by atoms with van der Waals surface area (Å²) in [6, 6.07) is 21.0. The summed E-state index contributed by atoms with van der Waals surface area (Å²) in [4.78, 5) is 12.4. The molecule has 0 aliphatic carbocycles. The molecule has 0 radical (unpaired) electrons. The molecule has 0 aromatic heterocycles. The van der Waals surface area contributed by atoms with Gasteiger partial charge in [-0.25, -0.2) is 0 Å². The van der Waals surface area contributed by atoms with Crippen LogP contribution in [0.15, 0.2) is 78.9 Å². The van der Waals surface area contributed by atoms with Crippen molar-refractivity contribution in [2.24, 2.45) is 0 Å². The molecule has 0 heterocycles. The Hall–Kier alpha value is -2.88. The smallest absolute Gasteiger partial charge is 0.289 e. The van der Waals surface area contributed by atoms with E-state index in [0.29, 0.717) is 5.56 Å². The maximum atomic E-state index is 12.6. The Morgan fingerprint density at radius 3 is 1.58 bits per heavy atom. The molecule has 1 nitrogen and oxygen atoms in total. The minimum Gasteiger partial charge on any atom is -0.289 e. The highest BCUT2D eigenvalue weighted by Gasteiger charge is 2.30. The van der Waals surface area contributed by atoms with Gasteiger partial charge in [-0.15, -0.1) is 0 Å². The van der Waals surface area contributed by atoms with Crippen molar-refractivity contribution in [3.05, 3.63) is 95.6 Å². The summed E-state index contributed by atoms with van der Waals surface area (Å²) >= 11 is 0. The zero-order chi connectivity index (χ0) is 17.2. The number of rotatable bonds is 3. The van der Waals surface area contributed by atoms with E-state index in [0.717, 1.165) is 23.3 Å². The number of carbonyl (C=O) groups excluding carboxylic acids is 1. The van der Waals surface area contributed by atoms with Crippen molar-refractivity contribution >= 4 is 5.78 Å². The van der Waals surface area contributed by atoms with Crippen LogP contribution in [-0.4, -0.2) is 5.78 Å². The highest BCUT2D eigenvalue weighted by atomic mass is 19.4. The topological polar surface area (TPSA) is 17.1 Å². The molecule has 0 saturated heterocycles. The Bertz CT molecular complexity index is 833. The molecule has 0 saturated carbocycles. The van der Waals surface area contributed by atoms with E-state index in [2.05, 4.69) is 0 Å². The second kappa shape index (κ2) is 6.32. The third-order valence-corrected chi connectivity index (χ3v) is 3.73. The zero-order valence-corrected chi connectivity index (χ0v) is 12.5. The van der Waals surface area contributed by atoms with Crippen molar-refractivity contribution in [1.29, 1.82) is 0 Å². The number of hydrogen-bond donors (Lipinski definition) is 0. The molecule has 3 aromatic rings. The first-order chi connectivity index (χ1) is 11.4. The molecule has 0 unspecified atom stereocenters. The Morgan fingerprint density at radius 2 is 1.08 bits per heavy atom. The van der Waals surface area contributed by atoms with Crippen molar-refractivity contribution in [2.75, 3.05) is 0 Å². The molecule has 0 aliphatic rings. The summed E-state index contributed by atoms with van der Waals surface area (Å²) in [5.74, 6) is -0.302. The summed E-state index contributed by atoms with van der Waals surface area (Å²) in [5.41, 5.74) is 1.91. The van der Waals surface area contributed by atoms with E-state index in [1.165, 1.54) is 12.1 Å². The number of benzene rings is 3. The molecule has 0 N–H and O–H groups in total. The van der Waals surface area contributed by atoms with E-state index in [1.54, 1.807) is 12.1 Å². The largest absolute Gasteiger partial charge is 0.416 e. The SMILES string of the molecule is O=C(c1ccc(-c2ccccc2)cc1)c1ccc(C(F)(F)F)cc1. The first-order valence-electron chi connectivity index (χ1n) is 7.32. The summed E-state index contributed by atoms with van der Waals surface area (Å²) in [7, 11) is 0. The predicted molar refractivity (Wildman–Crippen MR) is 86.8 cm³/mol. The van der Waals surface area contributed by atoms with Crippen LogP contribution in [0.2, 0.25) is 0 Å². The third kappa shape index (κ3) is 3.38. The van der Waals surface area contributed by atoms with Gasteiger partial charge in [0, 0.05) is 11.1 Å². The second-order valence-electron chi connectivity index (χ2n) is 5.35. The first-order valence-corrected chi connectivity index (χ1v) is 7.32. The van der Waals surface area contributed by atoms with Crippen LogP contribution in [0, 0.1) is 0 Å². The summed E-state index contributed by atoms with van der Waals surface area (Å²) in [6.07, 6.45) is -4.40. The molecule has 0 amide bonds. The quantitative estimate of drug-likeness (QED) is 0.572. The van der Waals surface area contributed by atoms with Gasteiger partial charge in [-0.3, -0.25) is 4.79 Å². The molecule has 3 rings (SSSR count). The van der Waals surface area contributed by atoms with E-state index in [-0.39, 0.29) is 11.3 Å². The molecule has 0 aliphatic heterocycles. The minimum atomic E-state index is -4.40. The average Bonchev–Trinajstić information content (AvgIpc) is 2.61. The van der Waals surface area contributed by atoms with E-state index in [4.69, 9.17) is 0 Å². The van der Waals surface area contributed by atoms with Crippen LogP contribution in [0.1, 0.15) is 21.5 Å². The highest BCUT2D eigenvalue weighted by Crippen LogP contribution is 2.29. The summed E-state index contributed by atoms with van der Waals surface area (Å²) < 4.78 is 37.7. The lowest BCUT2D eigenvalue weighted by molar-refractivity contribution is -0.137. The summed E-state index contributed by atoms with van der Waals surface area (Å²) in [6.45, 7) is 0. The van der Waals surface area contributed by atoms with Crippen LogP contribution in [0.4, 0.5) is 13.2 Å². The van der Waals surface area contributed by atoms with Crippen LogP contribution in [0.3, 0.4) is 0 Å². The van der Waals surface area contributed by atoms with Crippen molar-refractivity contribution in [1.82, 2.24) is 0 Å². The fourth-order valence-electron chi connectivity index (χ4n) is 2.42. The maximum absolute atomic E-state index is 12.6. The van der Waals surface area contributed by atoms with Gasteiger partial charge >= 0.3 is 6.18 Å². The molecule has 24 heavy (non-hydrogen) atoms.